The summed E-state index contributed by atoms with van der Waals surface area (Å²) in [5, 5.41) is 3.28. The number of aromatic nitrogens is 2. The van der Waals surface area contributed by atoms with E-state index in [1.807, 2.05) is 18.4 Å². The van der Waals surface area contributed by atoms with Gasteiger partial charge in [0.15, 0.2) is 9.47 Å². The minimum atomic E-state index is -3.83. The highest BCUT2D eigenvalue weighted by Gasteiger charge is 2.17. The maximum Gasteiger partial charge on any atom is 0.261 e. The van der Waals surface area contributed by atoms with E-state index in [-0.39, 0.29) is 16.5 Å². The molecule has 0 aliphatic rings. The number of carbonyl (C=O) groups is 1. The monoisotopic (exact) mass is 542 g/mol. The number of amides is 1. The Morgan fingerprint density at radius 2 is 1.69 bits per heavy atom. The van der Waals surface area contributed by atoms with Crippen molar-refractivity contribution in [3.8, 4) is 5.75 Å². The Hall–Kier alpha value is -3.19. The van der Waals surface area contributed by atoms with Gasteiger partial charge in [-0.05, 0) is 60.9 Å². The van der Waals surface area contributed by atoms with Crippen molar-refractivity contribution < 1.29 is 17.9 Å². The van der Waals surface area contributed by atoms with Crippen molar-refractivity contribution in [2.24, 2.45) is 0 Å². The first-order valence-electron chi connectivity index (χ1n) is 10.2. The minimum absolute atomic E-state index is 0.0849. The molecular formula is C23H18N4O4S4. The molecule has 0 aliphatic heterocycles. The molecule has 1 amide bonds. The summed E-state index contributed by atoms with van der Waals surface area (Å²) in [6, 6.07) is 16.1. The van der Waals surface area contributed by atoms with Crippen LogP contribution in [0.3, 0.4) is 0 Å². The van der Waals surface area contributed by atoms with Crippen LogP contribution < -0.4 is 14.8 Å². The number of anilines is 2. The summed E-state index contributed by atoms with van der Waals surface area (Å²) < 4.78 is 36.0. The van der Waals surface area contributed by atoms with E-state index in [0.717, 1.165) is 24.8 Å². The predicted molar refractivity (Wildman–Crippen MR) is 143 cm³/mol. The molecule has 0 aliphatic carbocycles. The van der Waals surface area contributed by atoms with Gasteiger partial charge in [0.2, 0.25) is 0 Å². The summed E-state index contributed by atoms with van der Waals surface area (Å²) >= 11 is 4.58. The number of hydrogen-bond acceptors (Lipinski definition) is 9. The number of rotatable bonds is 7. The number of sulfonamides is 1. The van der Waals surface area contributed by atoms with E-state index in [1.165, 1.54) is 36.6 Å². The van der Waals surface area contributed by atoms with Gasteiger partial charge in [-0.25, -0.2) is 18.4 Å². The summed E-state index contributed by atoms with van der Waals surface area (Å²) in [6.07, 6.45) is 1.98. The van der Waals surface area contributed by atoms with Gasteiger partial charge in [0, 0.05) is 11.3 Å². The molecule has 2 aromatic heterocycles. The number of ether oxygens (including phenoxy) is 1. The third-order valence-electron chi connectivity index (χ3n) is 5.03. The average molecular weight is 543 g/mol. The summed E-state index contributed by atoms with van der Waals surface area (Å²) in [7, 11) is -2.32. The van der Waals surface area contributed by atoms with E-state index in [1.54, 1.807) is 53.4 Å². The van der Waals surface area contributed by atoms with Crippen LogP contribution in [0.5, 0.6) is 5.75 Å². The molecule has 178 valence electrons. The molecular weight excluding hydrogens is 525 g/mol. The van der Waals surface area contributed by atoms with Crippen molar-refractivity contribution in [3.63, 3.8) is 0 Å². The zero-order valence-electron chi connectivity index (χ0n) is 18.4. The number of methoxy groups -OCH3 is 1. The Balaban J connectivity index is 1.36. The normalized spacial score (nSPS) is 11.6. The highest BCUT2D eigenvalue weighted by Crippen LogP contribution is 2.38. The topological polar surface area (TPSA) is 110 Å². The fraction of sp³-hybridized carbons (Fsp3) is 0.0870. The number of nitrogens with zero attached hydrogens (tertiary/aromatic N) is 2. The van der Waals surface area contributed by atoms with Gasteiger partial charge in [0.1, 0.15) is 5.75 Å². The molecule has 0 saturated carbocycles. The van der Waals surface area contributed by atoms with Gasteiger partial charge in [0.05, 0.1) is 32.4 Å². The van der Waals surface area contributed by atoms with Crippen molar-refractivity contribution in [1.29, 1.82) is 0 Å². The second-order valence-corrected chi connectivity index (χ2v) is 12.0. The molecule has 8 nitrogen and oxygen atoms in total. The van der Waals surface area contributed by atoms with Crippen molar-refractivity contribution >= 4 is 81.6 Å². The predicted octanol–water partition coefficient (Wildman–Crippen LogP) is 5.69. The number of fused-ring (bicyclic) bond motifs is 3. The highest BCUT2D eigenvalue weighted by molar-refractivity contribution is 8.00. The van der Waals surface area contributed by atoms with Crippen LogP contribution in [0.2, 0.25) is 0 Å². The first-order valence-corrected chi connectivity index (χ1v) is 14.5. The van der Waals surface area contributed by atoms with Gasteiger partial charge in [-0.1, -0.05) is 29.2 Å². The Kier molecular flexibility index (Phi) is 6.36. The lowest BCUT2D eigenvalue weighted by molar-refractivity contribution is 0.102. The zero-order valence-corrected chi connectivity index (χ0v) is 21.7. The first kappa shape index (κ1) is 23.5. The van der Waals surface area contributed by atoms with Gasteiger partial charge in [0.25, 0.3) is 15.9 Å². The second kappa shape index (κ2) is 9.46. The number of carbonyl (C=O) groups excluding carboxylic acids is 1. The molecule has 0 unspecified atom stereocenters. The third-order valence-corrected chi connectivity index (χ3v) is 9.64. The molecule has 0 bridgehead atoms. The van der Waals surface area contributed by atoms with Crippen molar-refractivity contribution in [2.75, 3.05) is 23.4 Å². The van der Waals surface area contributed by atoms with Crippen molar-refractivity contribution in [3.05, 3.63) is 66.2 Å². The number of thioether (sulfide) groups is 1. The molecule has 35 heavy (non-hydrogen) atoms. The molecule has 0 spiro atoms. The van der Waals surface area contributed by atoms with E-state index >= 15 is 0 Å². The maximum absolute atomic E-state index is 12.9. The van der Waals surface area contributed by atoms with Crippen LogP contribution in [0.1, 0.15) is 10.4 Å². The Bertz CT molecular complexity index is 1660. The molecule has 5 aromatic rings. The molecule has 2 N–H and O–H groups in total. The van der Waals surface area contributed by atoms with Crippen LogP contribution in [0.15, 0.2) is 69.9 Å². The fourth-order valence-electron chi connectivity index (χ4n) is 3.36. The number of benzene rings is 3. The lowest BCUT2D eigenvalue weighted by atomic mass is 10.2. The minimum Gasteiger partial charge on any atom is -0.497 e. The van der Waals surface area contributed by atoms with Gasteiger partial charge in [-0.3, -0.25) is 14.8 Å². The lowest BCUT2D eigenvalue weighted by Crippen LogP contribution is -2.15. The Morgan fingerprint density at radius 1 is 0.971 bits per heavy atom. The van der Waals surface area contributed by atoms with Crippen molar-refractivity contribution in [1.82, 2.24) is 9.97 Å². The molecule has 2 heterocycles. The van der Waals surface area contributed by atoms with E-state index in [9.17, 15) is 13.2 Å². The number of thiazole rings is 2. The molecule has 5 rings (SSSR count). The average Bonchev–Trinajstić information content (AvgIpc) is 3.47. The summed E-state index contributed by atoms with van der Waals surface area (Å²) in [4.78, 5) is 22.1. The quantitative estimate of drug-likeness (QED) is 0.254. The van der Waals surface area contributed by atoms with Gasteiger partial charge in [-0.15, -0.1) is 11.3 Å². The summed E-state index contributed by atoms with van der Waals surface area (Å²) in [5.41, 5.74) is 2.26. The van der Waals surface area contributed by atoms with Crippen LogP contribution in [0.25, 0.3) is 20.4 Å². The van der Waals surface area contributed by atoms with E-state index < -0.39 is 10.0 Å². The standard InChI is InChI=1S/C23H18N4O4S4/c1-31-15-6-8-16(9-7-15)35(29,30)27-14-5-3-4-13(12-14)21(28)26-22-24-17-10-11-18-20(19(17)33-22)34-23(25-18)32-2/h3-12,27H,1-2H3,(H,24,26,28). The molecule has 0 saturated heterocycles. The van der Waals surface area contributed by atoms with Gasteiger partial charge in [-0.2, -0.15) is 0 Å². The third kappa shape index (κ3) is 4.82. The van der Waals surface area contributed by atoms with E-state index in [4.69, 9.17) is 4.74 Å². The molecule has 0 radical (unpaired) electrons. The summed E-state index contributed by atoms with van der Waals surface area (Å²) in [6.45, 7) is 0. The van der Waals surface area contributed by atoms with Gasteiger partial charge >= 0.3 is 0 Å². The van der Waals surface area contributed by atoms with Crippen LogP contribution >= 0.6 is 34.4 Å². The molecule has 0 fully saturated rings. The van der Waals surface area contributed by atoms with Crippen LogP contribution in [-0.4, -0.2) is 37.7 Å². The molecule has 3 aromatic carbocycles. The van der Waals surface area contributed by atoms with Gasteiger partial charge < -0.3 is 4.74 Å². The van der Waals surface area contributed by atoms with E-state index in [0.29, 0.717) is 16.4 Å². The van der Waals surface area contributed by atoms with Crippen LogP contribution in [0.4, 0.5) is 10.8 Å². The molecule has 12 heteroatoms. The largest absolute Gasteiger partial charge is 0.497 e. The fourth-order valence-corrected chi connectivity index (χ4v) is 7.06. The van der Waals surface area contributed by atoms with Crippen molar-refractivity contribution in [2.45, 2.75) is 9.24 Å². The smallest absolute Gasteiger partial charge is 0.261 e. The Labute approximate surface area is 213 Å². The SMILES string of the molecule is COc1ccc(S(=O)(=O)Nc2cccc(C(=O)Nc3nc4ccc5nc(SC)sc5c4s3)c2)cc1. The first-order chi connectivity index (χ1) is 16.9. The lowest BCUT2D eigenvalue weighted by Gasteiger charge is -2.10. The van der Waals surface area contributed by atoms with Crippen LogP contribution in [-0.2, 0) is 10.0 Å². The van der Waals surface area contributed by atoms with E-state index in [2.05, 4.69) is 20.0 Å². The summed E-state index contributed by atoms with van der Waals surface area (Å²) in [5.74, 6) is 0.165. The Morgan fingerprint density at radius 3 is 2.40 bits per heavy atom. The zero-order chi connectivity index (χ0) is 24.6. The van der Waals surface area contributed by atoms with Crippen LogP contribution in [0, 0.1) is 0 Å². The second-order valence-electron chi connectivity index (χ2n) is 7.28. The number of nitrogens with one attached hydrogen (secondary N) is 2. The molecule has 0 atom stereocenters. The maximum atomic E-state index is 12.9. The number of hydrogen-bond donors (Lipinski definition) is 2. The highest BCUT2D eigenvalue weighted by atomic mass is 32.2.